The fraction of sp³-hybridized carbons (Fsp3) is 0.800. The SMILES string of the molecule is CCC[C@H](N)C(=O)N(C)C(C)(C)C(=O)O. The minimum atomic E-state index is -1.22. The number of hydrogen-bond acceptors (Lipinski definition) is 3. The van der Waals surface area contributed by atoms with Crippen LogP contribution in [-0.4, -0.2) is 40.5 Å². The van der Waals surface area contributed by atoms with Crippen LogP contribution in [0.2, 0.25) is 0 Å². The summed E-state index contributed by atoms with van der Waals surface area (Å²) in [5.41, 5.74) is 4.42. The fourth-order valence-corrected chi connectivity index (χ4v) is 1.10. The molecule has 0 saturated carbocycles. The van der Waals surface area contributed by atoms with Crippen molar-refractivity contribution in [2.75, 3.05) is 7.05 Å². The number of hydrogen-bond donors (Lipinski definition) is 2. The van der Waals surface area contributed by atoms with E-state index in [-0.39, 0.29) is 5.91 Å². The van der Waals surface area contributed by atoms with Gasteiger partial charge in [0.25, 0.3) is 0 Å². The van der Waals surface area contributed by atoms with Crippen molar-refractivity contribution < 1.29 is 14.7 Å². The number of rotatable bonds is 5. The molecule has 1 amide bonds. The maximum absolute atomic E-state index is 11.7. The number of nitrogens with zero attached hydrogens (tertiary/aromatic N) is 1. The van der Waals surface area contributed by atoms with E-state index in [1.807, 2.05) is 6.92 Å². The highest BCUT2D eigenvalue weighted by atomic mass is 16.4. The Morgan fingerprint density at radius 1 is 1.47 bits per heavy atom. The predicted octanol–water partition coefficient (Wildman–Crippen LogP) is 0.435. The van der Waals surface area contributed by atoms with Crippen LogP contribution in [0.15, 0.2) is 0 Å². The zero-order chi connectivity index (χ0) is 12.2. The highest BCUT2D eigenvalue weighted by Crippen LogP contribution is 2.14. The van der Waals surface area contributed by atoms with Crippen LogP contribution < -0.4 is 5.73 Å². The van der Waals surface area contributed by atoms with Crippen molar-refractivity contribution in [3.05, 3.63) is 0 Å². The Bertz CT molecular complexity index is 251. The normalized spacial score (nSPS) is 13.4. The van der Waals surface area contributed by atoms with E-state index in [4.69, 9.17) is 10.8 Å². The van der Waals surface area contributed by atoms with Gasteiger partial charge in [-0.05, 0) is 20.3 Å². The molecule has 0 spiro atoms. The van der Waals surface area contributed by atoms with E-state index in [2.05, 4.69) is 0 Å². The van der Waals surface area contributed by atoms with Crippen molar-refractivity contribution in [2.24, 2.45) is 5.73 Å². The van der Waals surface area contributed by atoms with Crippen LogP contribution in [0.1, 0.15) is 33.6 Å². The Hall–Kier alpha value is -1.10. The Labute approximate surface area is 90.2 Å². The Morgan fingerprint density at radius 3 is 2.27 bits per heavy atom. The molecule has 5 nitrogen and oxygen atoms in total. The molecule has 88 valence electrons. The monoisotopic (exact) mass is 216 g/mol. The summed E-state index contributed by atoms with van der Waals surface area (Å²) in [6.45, 7) is 4.88. The van der Waals surface area contributed by atoms with E-state index in [0.717, 1.165) is 6.42 Å². The average Bonchev–Trinajstić information content (AvgIpc) is 2.15. The number of carboxylic acid groups (broad SMARTS) is 1. The molecular formula is C10H20N2O3. The number of amides is 1. The first-order valence-electron chi connectivity index (χ1n) is 5.01. The van der Waals surface area contributed by atoms with Gasteiger partial charge in [0.15, 0.2) is 0 Å². The molecular weight excluding hydrogens is 196 g/mol. The van der Waals surface area contributed by atoms with Gasteiger partial charge in [0, 0.05) is 7.05 Å². The first-order chi connectivity index (χ1) is 6.75. The second-order valence-electron chi connectivity index (χ2n) is 4.16. The first-order valence-corrected chi connectivity index (χ1v) is 5.01. The van der Waals surface area contributed by atoms with Gasteiger partial charge in [0.2, 0.25) is 5.91 Å². The summed E-state index contributed by atoms with van der Waals surface area (Å²) < 4.78 is 0. The Balaban J connectivity index is 4.64. The van der Waals surface area contributed by atoms with Gasteiger partial charge in [0.05, 0.1) is 6.04 Å². The van der Waals surface area contributed by atoms with Crippen molar-refractivity contribution >= 4 is 11.9 Å². The summed E-state index contributed by atoms with van der Waals surface area (Å²) >= 11 is 0. The average molecular weight is 216 g/mol. The number of aliphatic carboxylic acids is 1. The van der Waals surface area contributed by atoms with Gasteiger partial charge >= 0.3 is 5.97 Å². The zero-order valence-corrected chi connectivity index (χ0v) is 9.78. The molecule has 0 aromatic heterocycles. The summed E-state index contributed by atoms with van der Waals surface area (Å²) in [5, 5.41) is 8.94. The summed E-state index contributed by atoms with van der Waals surface area (Å²) in [6.07, 6.45) is 1.37. The number of nitrogens with two attached hydrogens (primary N) is 1. The smallest absolute Gasteiger partial charge is 0.329 e. The molecule has 0 aromatic rings. The molecule has 5 heteroatoms. The van der Waals surface area contributed by atoms with Crippen LogP contribution in [0.3, 0.4) is 0 Å². The molecule has 0 rings (SSSR count). The van der Waals surface area contributed by atoms with E-state index < -0.39 is 17.6 Å². The molecule has 0 aliphatic rings. The van der Waals surface area contributed by atoms with Crippen LogP contribution in [0.5, 0.6) is 0 Å². The summed E-state index contributed by atoms with van der Waals surface area (Å²) in [4.78, 5) is 23.8. The molecule has 0 saturated heterocycles. The van der Waals surface area contributed by atoms with Crippen LogP contribution in [-0.2, 0) is 9.59 Å². The molecule has 0 radical (unpaired) electrons. The predicted molar refractivity (Wildman–Crippen MR) is 57.4 cm³/mol. The topological polar surface area (TPSA) is 83.6 Å². The van der Waals surface area contributed by atoms with Gasteiger partial charge in [-0.15, -0.1) is 0 Å². The van der Waals surface area contributed by atoms with Crippen molar-refractivity contribution in [1.29, 1.82) is 0 Å². The molecule has 1 atom stereocenters. The summed E-state index contributed by atoms with van der Waals surface area (Å²) in [5.74, 6) is -1.37. The number of carboxylic acids is 1. The first kappa shape index (κ1) is 13.9. The third-order valence-corrected chi connectivity index (χ3v) is 2.61. The van der Waals surface area contributed by atoms with Crippen LogP contribution >= 0.6 is 0 Å². The minimum absolute atomic E-state index is 0.329. The van der Waals surface area contributed by atoms with E-state index in [9.17, 15) is 9.59 Å². The van der Waals surface area contributed by atoms with Crippen molar-refractivity contribution in [1.82, 2.24) is 4.90 Å². The molecule has 0 aliphatic heterocycles. The van der Waals surface area contributed by atoms with Crippen LogP contribution in [0, 0.1) is 0 Å². The molecule has 3 N–H and O–H groups in total. The van der Waals surface area contributed by atoms with Crippen LogP contribution in [0.25, 0.3) is 0 Å². The van der Waals surface area contributed by atoms with Gasteiger partial charge in [-0.2, -0.15) is 0 Å². The van der Waals surface area contributed by atoms with Gasteiger partial charge in [-0.3, -0.25) is 4.79 Å². The number of carbonyl (C=O) groups excluding carboxylic acids is 1. The molecule has 15 heavy (non-hydrogen) atoms. The Kier molecular flexibility index (Phi) is 4.74. The lowest BCUT2D eigenvalue weighted by molar-refractivity contribution is -0.155. The highest BCUT2D eigenvalue weighted by molar-refractivity contribution is 5.88. The second kappa shape index (κ2) is 5.11. The Morgan fingerprint density at radius 2 is 1.93 bits per heavy atom. The lowest BCUT2D eigenvalue weighted by Gasteiger charge is -2.33. The van der Waals surface area contributed by atoms with Gasteiger partial charge < -0.3 is 15.7 Å². The van der Waals surface area contributed by atoms with Crippen molar-refractivity contribution in [3.8, 4) is 0 Å². The van der Waals surface area contributed by atoms with E-state index in [1.165, 1.54) is 25.8 Å². The van der Waals surface area contributed by atoms with Gasteiger partial charge in [0.1, 0.15) is 5.54 Å². The molecule has 0 unspecified atom stereocenters. The lowest BCUT2D eigenvalue weighted by atomic mass is 10.0. The number of likely N-dealkylation sites (N-methyl/N-ethyl adjacent to an activating group) is 1. The quantitative estimate of drug-likeness (QED) is 0.698. The third-order valence-electron chi connectivity index (χ3n) is 2.61. The minimum Gasteiger partial charge on any atom is -0.480 e. The summed E-state index contributed by atoms with van der Waals surface area (Å²) in [7, 11) is 1.46. The fourth-order valence-electron chi connectivity index (χ4n) is 1.10. The van der Waals surface area contributed by atoms with Crippen molar-refractivity contribution in [3.63, 3.8) is 0 Å². The van der Waals surface area contributed by atoms with Crippen LogP contribution in [0.4, 0.5) is 0 Å². The standard InChI is InChI=1S/C10H20N2O3/c1-5-6-7(11)8(13)12(4)10(2,3)9(14)15/h7H,5-6,11H2,1-4H3,(H,14,15)/t7-/m0/s1. The maximum atomic E-state index is 11.7. The molecule has 0 bridgehead atoms. The maximum Gasteiger partial charge on any atom is 0.329 e. The summed E-state index contributed by atoms with van der Waals surface area (Å²) in [6, 6.07) is -0.612. The molecule has 0 fully saturated rings. The molecule has 0 aliphatic carbocycles. The molecule has 0 heterocycles. The van der Waals surface area contributed by atoms with E-state index in [1.54, 1.807) is 0 Å². The second-order valence-corrected chi connectivity index (χ2v) is 4.16. The largest absolute Gasteiger partial charge is 0.480 e. The zero-order valence-electron chi connectivity index (χ0n) is 9.78. The third kappa shape index (κ3) is 3.20. The lowest BCUT2D eigenvalue weighted by Crippen LogP contribution is -2.55. The van der Waals surface area contributed by atoms with E-state index >= 15 is 0 Å². The molecule has 0 aromatic carbocycles. The van der Waals surface area contributed by atoms with Crippen molar-refractivity contribution in [2.45, 2.75) is 45.2 Å². The van der Waals surface area contributed by atoms with Gasteiger partial charge in [-0.25, -0.2) is 4.79 Å². The highest BCUT2D eigenvalue weighted by Gasteiger charge is 2.36. The van der Waals surface area contributed by atoms with Gasteiger partial charge in [-0.1, -0.05) is 13.3 Å². The number of carbonyl (C=O) groups is 2. The van der Waals surface area contributed by atoms with E-state index in [0.29, 0.717) is 6.42 Å².